The third kappa shape index (κ3) is 3.49. The number of rotatable bonds is 4. The summed E-state index contributed by atoms with van der Waals surface area (Å²) >= 11 is 0. The largest absolute Gasteiger partial charge is 0.481 e. The maximum absolute atomic E-state index is 12.2. The van der Waals surface area contributed by atoms with E-state index in [9.17, 15) is 14.7 Å². The Bertz CT molecular complexity index is 395. The molecule has 1 saturated heterocycles. The minimum absolute atomic E-state index is 0.170. The first kappa shape index (κ1) is 15.3. The van der Waals surface area contributed by atoms with Crippen LogP contribution in [0.15, 0.2) is 0 Å². The zero-order valence-corrected chi connectivity index (χ0v) is 12.2. The fraction of sp³-hybridized carbons (Fsp3) is 0.857. The molecule has 1 heterocycles. The van der Waals surface area contributed by atoms with E-state index in [-0.39, 0.29) is 17.9 Å². The van der Waals surface area contributed by atoms with Gasteiger partial charge in [-0.3, -0.25) is 9.59 Å². The van der Waals surface area contributed by atoms with Crippen molar-refractivity contribution in [3.8, 4) is 0 Å². The summed E-state index contributed by atoms with van der Waals surface area (Å²) in [6, 6.07) is 0. The number of carboxylic acid groups (broad SMARTS) is 1. The normalized spacial score (nSPS) is 36.0. The molecule has 1 saturated carbocycles. The van der Waals surface area contributed by atoms with Gasteiger partial charge in [0.1, 0.15) is 6.10 Å². The van der Waals surface area contributed by atoms with Gasteiger partial charge >= 0.3 is 5.97 Å². The third-order valence-electron chi connectivity index (χ3n) is 4.02. The molecule has 2 fully saturated rings. The van der Waals surface area contributed by atoms with Crippen LogP contribution >= 0.6 is 0 Å². The van der Waals surface area contributed by atoms with Crippen molar-refractivity contribution >= 4 is 11.9 Å². The molecule has 6 heteroatoms. The van der Waals surface area contributed by atoms with Crippen LogP contribution in [-0.4, -0.2) is 42.0 Å². The van der Waals surface area contributed by atoms with Gasteiger partial charge in [-0.05, 0) is 32.6 Å². The van der Waals surface area contributed by atoms with Crippen molar-refractivity contribution in [2.45, 2.75) is 45.5 Å². The van der Waals surface area contributed by atoms with Crippen LogP contribution in [-0.2, 0) is 19.1 Å². The van der Waals surface area contributed by atoms with Crippen molar-refractivity contribution < 1.29 is 24.2 Å². The molecule has 4 atom stereocenters. The van der Waals surface area contributed by atoms with E-state index in [4.69, 9.17) is 9.47 Å². The van der Waals surface area contributed by atoms with Gasteiger partial charge in [0, 0.05) is 6.54 Å². The van der Waals surface area contributed by atoms with E-state index in [1.165, 1.54) is 0 Å². The van der Waals surface area contributed by atoms with E-state index in [0.717, 1.165) is 0 Å². The summed E-state index contributed by atoms with van der Waals surface area (Å²) in [6.45, 7) is 6.44. The van der Waals surface area contributed by atoms with E-state index < -0.39 is 23.6 Å². The van der Waals surface area contributed by atoms with Crippen LogP contribution < -0.4 is 5.32 Å². The van der Waals surface area contributed by atoms with Gasteiger partial charge in [-0.1, -0.05) is 6.92 Å². The van der Waals surface area contributed by atoms with E-state index in [2.05, 4.69) is 5.32 Å². The number of ether oxygens (including phenoxy) is 2. The smallest absolute Gasteiger partial charge is 0.307 e. The molecule has 2 aliphatic rings. The molecule has 0 aromatic rings. The molecule has 1 aliphatic carbocycles. The molecular formula is C14H23NO5. The van der Waals surface area contributed by atoms with Gasteiger partial charge in [-0.15, -0.1) is 0 Å². The van der Waals surface area contributed by atoms with Crippen molar-refractivity contribution in [3.05, 3.63) is 0 Å². The summed E-state index contributed by atoms with van der Waals surface area (Å²) < 4.78 is 11.0. The van der Waals surface area contributed by atoms with Crippen molar-refractivity contribution in [1.82, 2.24) is 5.32 Å². The lowest BCUT2D eigenvalue weighted by Crippen LogP contribution is -2.40. The summed E-state index contributed by atoms with van der Waals surface area (Å²) in [5.74, 6) is -2.40. The summed E-state index contributed by atoms with van der Waals surface area (Å²) in [4.78, 5) is 23.3. The first-order chi connectivity index (χ1) is 9.28. The maximum atomic E-state index is 12.2. The molecule has 2 N–H and O–H groups in total. The zero-order chi connectivity index (χ0) is 14.9. The Morgan fingerprint density at radius 3 is 2.50 bits per heavy atom. The molecule has 0 bridgehead atoms. The van der Waals surface area contributed by atoms with Gasteiger partial charge in [0.2, 0.25) is 5.91 Å². The first-order valence-electron chi connectivity index (χ1n) is 7.11. The number of amides is 1. The van der Waals surface area contributed by atoms with Crippen LogP contribution in [0, 0.1) is 17.8 Å². The van der Waals surface area contributed by atoms with Gasteiger partial charge in [-0.25, -0.2) is 0 Å². The van der Waals surface area contributed by atoms with Crippen LogP contribution in [0.3, 0.4) is 0 Å². The lowest BCUT2D eigenvalue weighted by molar-refractivity contribution is -0.146. The second-order valence-corrected chi connectivity index (χ2v) is 6.32. The molecular weight excluding hydrogens is 262 g/mol. The van der Waals surface area contributed by atoms with E-state index >= 15 is 0 Å². The lowest BCUT2D eigenvalue weighted by Gasteiger charge is -2.19. The number of hydrogen-bond donors (Lipinski definition) is 2. The van der Waals surface area contributed by atoms with Crippen LogP contribution in [0.4, 0.5) is 0 Å². The number of nitrogens with one attached hydrogen (secondary N) is 1. The number of carbonyl (C=O) groups is 2. The Labute approximate surface area is 118 Å². The number of carbonyl (C=O) groups excluding carboxylic acids is 1. The Morgan fingerprint density at radius 2 is 1.95 bits per heavy atom. The highest BCUT2D eigenvalue weighted by molar-refractivity contribution is 5.85. The molecule has 2 unspecified atom stereocenters. The summed E-state index contributed by atoms with van der Waals surface area (Å²) in [5.41, 5.74) is 0. The highest BCUT2D eigenvalue weighted by Gasteiger charge is 2.41. The standard InChI is InChI=1S/C14H23NO5/c1-8-4-10(11(5-8)13(17)18)12(16)15-6-9-7-19-14(2,3)20-9/h8-11H,4-7H2,1-3H3,(H,15,16)(H,17,18)/t8?,9?,10-,11+/m0/s1. The molecule has 0 spiro atoms. The predicted octanol–water partition coefficient (Wildman–Crippen LogP) is 1.00. The van der Waals surface area contributed by atoms with Crippen molar-refractivity contribution in [2.75, 3.05) is 13.2 Å². The van der Waals surface area contributed by atoms with Gasteiger partial charge in [-0.2, -0.15) is 0 Å². The van der Waals surface area contributed by atoms with Crippen molar-refractivity contribution in [1.29, 1.82) is 0 Å². The molecule has 0 aromatic carbocycles. The topological polar surface area (TPSA) is 84.9 Å². The van der Waals surface area contributed by atoms with Gasteiger partial charge in [0.15, 0.2) is 5.79 Å². The van der Waals surface area contributed by atoms with Crippen LogP contribution in [0.2, 0.25) is 0 Å². The monoisotopic (exact) mass is 285 g/mol. The molecule has 0 aromatic heterocycles. The van der Waals surface area contributed by atoms with Crippen molar-refractivity contribution in [3.63, 3.8) is 0 Å². The maximum Gasteiger partial charge on any atom is 0.307 e. The number of carboxylic acids is 1. The Hall–Kier alpha value is -1.14. The van der Waals surface area contributed by atoms with Crippen LogP contribution in [0.25, 0.3) is 0 Å². The third-order valence-corrected chi connectivity index (χ3v) is 4.02. The number of hydrogen-bond acceptors (Lipinski definition) is 4. The molecule has 0 radical (unpaired) electrons. The summed E-state index contributed by atoms with van der Waals surface area (Å²) in [7, 11) is 0. The molecule has 6 nitrogen and oxygen atoms in total. The molecule has 2 rings (SSSR count). The molecule has 1 aliphatic heterocycles. The molecule has 20 heavy (non-hydrogen) atoms. The second kappa shape index (κ2) is 5.69. The SMILES string of the molecule is CC1C[C@H](C(=O)NCC2COC(C)(C)O2)[C@H](C(=O)O)C1. The average Bonchev–Trinajstić information content (AvgIpc) is 2.89. The second-order valence-electron chi connectivity index (χ2n) is 6.32. The van der Waals surface area contributed by atoms with Gasteiger partial charge in [0.05, 0.1) is 18.4 Å². The average molecular weight is 285 g/mol. The van der Waals surface area contributed by atoms with Gasteiger partial charge < -0.3 is 19.9 Å². The van der Waals surface area contributed by atoms with E-state index in [1.54, 1.807) is 0 Å². The Kier molecular flexibility index (Phi) is 4.34. The fourth-order valence-corrected chi connectivity index (χ4v) is 3.06. The summed E-state index contributed by atoms with van der Waals surface area (Å²) in [6.07, 6.45) is 1.04. The minimum atomic E-state index is -0.879. The van der Waals surface area contributed by atoms with E-state index in [1.807, 2.05) is 20.8 Å². The number of aliphatic carboxylic acids is 1. The predicted molar refractivity (Wildman–Crippen MR) is 70.9 cm³/mol. The van der Waals surface area contributed by atoms with E-state index in [0.29, 0.717) is 26.0 Å². The summed E-state index contributed by atoms with van der Waals surface area (Å²) in [5, 5.41) is 12.0. The zero-order valence-electron chi connectivity index (χ0n) is 12.2. The minimum Gasteiger partial charge on any atom is -0.481 e. The molecule has 1 amide bonds. The Morgan fingerprint density at radius 1 is 1.30 bits per heavy atom. The lowest BCUT2D eigenvalue weighted by atomic mass is 9.95. The van der Waals surface area contributed by atoms with Gasteiger partial charge in [0.25, 0.3) is 0 Å². The highest BCUT2D eigenvalue weighted by atomic mass is 16.7. The van der Waals surface area contributed by atoms with Crippen LogP contribution in [0.1, 0.15) is 33.6 Å². The Balaban J connectivity index is 1.84. The molecule has 114 valence electrons. The quantitative estimate of drug-likeness (QED) is 0.805. The fourth-order valence-electron chi connectivity index (χ4n) is 3.06. The first-order valence-corrected chi connectivity index (χ1v) is 7.11. The van der Waals surface area contributed by atoms with Crippen LogP contribution in [0.5, 0.6) is 0 Å². The highest BCUT2D eigenvalue weighted by Crippen LogP contribution is 2.36. The van der Waals surface area contributed by atoms with Crippen molar-refractivity contribution in [2.24, 2.45) is 17.8 Å².